The highest BCUT2D eigenvalue weighted by atomic mass is 19.4. The number of H-pyrrole nitrogens is 1. The second-order valence-corrected chi connectivity index (χ2v) is 9.84. The number of nitrogens with one attached hydrogen (secondary N) is 2. The summed E-state index contributed by atoms with van der Waals surface area (Å²) in [6.07, 6.45) is -1.15. The molecule has 1 aromatic heterocycles. The molecule has 2 heterocycles. The van der Waals surface area contributed by atoms with Gasteiger partial charge in [0.15, 0.2) is 0 Å². The predicted molar refractivity (Wildman–Crippen MR) is 145 cm³/mol. The van der Waals surface area contributed by atoms with Crippen molar-refractivity contribution in [2.24, 2.45) is 0 Å². The van der Waals surface area contributed by atoms with Crippen molar-refractivity contribution in [2.75, 3.05) is 19.6 Å². The first-order valence-electron chi connectivity index (χ1n) is 13.0. The Morgan fingerprint density at radius 2 is 1.80 bits per heavy atom. The number of likely N-dealkylation sites (tertiary alicyclic amines) is 1. The van der Waals surface area contributed by atoms with Crippen LogP contribution < -0.4 is 5.32 Å². The van der Waals surface area contributed by atoms with Crippen molar-refractivity contribution in [1.29, 1.82) is 0 Å². The Morgan fingerprint density at radius 3 is 2.38 bits per heavy atom. The van der Waals surface area contributed by atoms with Crippen LogP contribution in [0.2, 0.25) is 0 Å². The monoisotopic (exact) mass is 555 g/mol. The zero-order valence-corrected chi connectivity index (χ0v) is 22.2. The number of alkyl halides is 3. The smallest absolute Gasteiger partial charge is 0.416 e. The van der Waals surface area contributed by atoms with Gasteiger partial charge in [-0.05, 0) is 49.6 Å². The molecule has 4 rings (SSSR count). The summed E-state index contributed by atoms with van der Waals surface area (Å²) in [5.41, 5.74) is 2.58. The second-order valence-electron chi connectivity index (χ2n) is 9.84. The molecule has 0 radical (unpaired) electrons. The molecule has 1 aliphatic rings. The number of carbonyl (C=O) groups excluding carboxylic acids is 1. The zero-order valence-electron chi connectivity index (χ0n) is 22.2. The average molecular weight is 556 g/mol. The molecule has 0 spiro atoms. The van der Waals surface area contributed by atoms with E-state index in [-0.39, 0.29) is 24.2 Å². The average Bonchev–Trinajstić information content (AvgIpc) is 3.30. The third kappa shape index (κ3) is 7.09. The third-order valence-electron chi connectivity index (χ3n) is 7.07. The lowest BCUT2D eigenvalue weighted by Crippen LogP contribution is -2.50. The maximum absolute atomic E-state index is 13.0. The van der Waals surface area contributed by atoms with Crippen molar-refractivity contribution >= 4 is 12.0 Å². The summed E-state index contributed by atoms with van der Waals surface area (Å²) < 4.78 is 38.6. The largest absolute Gasteiger partial charge is 0.478 e. The van der Waals surface area contributed by atoms with Crippen LogP contribution in [-0.4, -0.2) is 62.6 Å². The number of aromatic amines is 1. The number of hydrogen-bond acceptors (Lipinski definition) is 4. The maximum Gasteiger partial charge on any atom is 0.416 e. The van der Waals surface area contributed by atoms with E-state index in [4.69, 9.17) is 5.11 Å². The molecule has 2 amide bonds. The molecule has 0 saturated carbocycles. The number of imidazole rings is 1. The highest BCUT2D eigenvalue weighted by Gasteiger charge is 2.30. The van der Waals surface area contributed by atoms with Gasteiger partial charge in [-0.1, -0.05) is 30.3 Å². The molecule has 1 aliphatic heterocycles. The van der Waals surface area contributed by atoms with Crippen LogP contribution in [0, 0.1) is 6.92 Å². The number of aryl methyl sites for hydroxylation is 1. The number of aromatic nitrogens is 2. The fourth-order valence-corrected chi connectivity index (χ4v) is 4.79. The zero-order chi connectivity index (χ0) is 28.9. The van der Waals surface area contributed by atoms with Gasteiger partial charge in [-0.15, -0.1) is 6.58 Å². The SMILES string of the molecule is C=CCN(C(=O)NCc1ccc(C(=O)O)cc1)C1CCN(Cc2nc(-c3ccc(C(F)(F)F)cc3)[nH]c2C)CC1. The lowest BCUT2D eigenvalue weighted by Gasteiger charge is -2.38. The molecule has 3 N–H and O–H groups in total. The molecule has 3 aromatic rings. The van der Waals surface area contributed by atoms with Crippen molar-refractivity contribution in [2.45, 2.75) is 45.1 Å². The van der Waals surface area contributed by atoms with Gasteiger partial charge < -0.3 is 20.3 Å². The van der Waals surface area contributed by atoms with Crippen LogP contribution in [0.25, 0.3) is 11.4 Å². The molecule has 0 unspecified atom stereocenters. The Hall–Kier alpha value is -4.12. The van der Waals surface area contributed by atoms with Gasteiger partial charge in [0, 0.05) is 50.0 Å². The highest BCUT2D eigenvalue weighted by molar-refractivity contribution is 5.87. The van der Waals surface area contributed by atoms with Gasteiger partial charge in [-0.2, -0.15) is 13.2 Å². The minimum atomic E-state index is -4.38. The Bertz CT molecular complexity index is 1330. The fourth-order valence-electron chi connectivity index (χ4n) is 4.79. The molecule has 11 heteroatoms. The number of rotatable bonds is 9. The van der Waals surface area contributed by atoms with E-state index in [1.807, 2.05) is 6.92 Å². The Balaban J connectivity index is 1.31. The summed E-state index contributed by atoms with van der Waals surface area (Å²) in [4.78, 5) is 35.9. The normalized spacial score (nSPS) is 14.6. The molecule has 2 aromatic carbocycles. The molecule has 1 fully saturated rings. The summed E-state index contributed by atoms with van der Waals surface area (Å²) >= 11 is 0. The molecule has 8 nitrogen and oxygen atoms in total. The minimum Gasteiger partial charge on any atom is -0.478 e. The number of carboxylic acids is 1. The molecule has 1 saturated heterocycles. The van der Waals surface area contributed by atoms with Gasteiger partial charge in [0.1, 0.15) is 5.82 Å². The number of urea groups is 1. The standard InChI is InChI=1S/C29H32F3N5O3/c1-3-14-37(28(40)33-17-20-4-6-22(7-5-20)27(38)39)24-12-15-36(16-13-24)18-25-19(2)34-26(35-25)21-8-10-23(11-9-21)29(30,31)32/h3-11,24H,1,12-18H2,2H3,(H,33,40)(H,34,35)(H,38,39). The molecule has 0 atom stereocenters. The van der Waals surface area contributed by atoms with Crippen molar-refractivity contribution in [3.63, 3.8) is 0 Å². The lowest BCUT2D eigenvalue weighted by molar-refractivity contribution is -0.137. The Kier molecular flexibility index (Phi) is 8.93. The van der Waals surface area contributed by atoms with E-state index >= 15 is 0 Å². The number of nitrogens with zero attached hydrogens (tertiary/aromatic N) is 3. The van der Waals surface area contributed by atoms with Gasteiger partial charge in [-0.25, -0.2) is 14.6 Å². The van der Waals surface area contributed by atoms with Gasteiger partial charge in [-0.3, -0.25) is 4.90 Å². The summed E-state index contributed by atoms with van der Waals surface area (Å²) in [5, 5.41) is 12.0. The predicted octanol–water partition coefficient (Wildman–Crippen LogP) is 5.46. The first-order chi connectivity index (χ1) is 19.0. The van der Waals surface area contributed by atoms with Crippen LogP contribution in [0.1, 0.15) is 45.7 Å². The van der Waals surface area contributed by atoms with Gasteiger partial charge in [0.2, 0.25) is 0 Å². The number of halogens is 3. The minimum absolute atomic E-state index is 0.0339. The van der Waals surface area contributed by atoms with Crippen molar-refractivity contribution in [3.05, 3.63) is 89.3 Å². The maximum atomic E-state index is 13.0. The number of piperidine rings is 1. The number of aromatic carboxylic acids is 1. The number of carboxylic acid groups (broad SMARTS) is 1. The van der Waals surface area contributed by atoms with Crippen LogP contribution in [0.4, 0.5) is 18.0 Å². The van der Waals surface area contributed by atoms with Gasteiger partial charge >= 0.3 is 18.2 Å². The number of amides is 2. The van der Waals surface area contributed by atoms with Crippen LogP contribution in [0.3, 0.4) is 0 Å². The summed E-state index contributed by atoms with van der Waals surface area (Å²) in [6.45, 7) is 8.48. The molecule has 0 aliphatic carbocycles. The van der Waals surface area contributed by atoms with E-state index in [9.17, 15) is 22.8 Å². The quantitative estimate of drug-likeness (QED) is 0.304. The van der Waals surface area contributed by atoms with E-state index in [1.165, 1.54) is 24.3 Å². The van der Waals surface area contributed by atoms with E-state index in [0.29, 0.717) is 24.5 Å². The van der Waals surface area contributed by atoms with Gasteiger partial charge in [0.25, 0.3) is 0 Å². The van der Waals surface area contributed by atoms with Crippen LogP contribution in [0.5, 0.6) is 0 Å². The summed E-state index contributed by atoms with van der Waals surface area (Å²) in [7, 11) is 0. The van der Waals surface area contributed by atoms with E-state index in [0.717, 1.165) is 55.0 Å². The number of carbonyl (C=O) groups is 2. The van der Waals surface area contributed by atoms with Crippen molar-refractivity contribution in [3.8, 4) is 11.4 Å². The number of hydrogen-bond donors (Lipinski definition) is 3. The highest BCUT2D eigenvalue weighted by Crippen LogP contribution is 2.31. The van der Waals surface area contributed by atoms with E-state index in [1.54, 1.807) is 23.1 Å². The Morgan fingerprint density at radius 1 is 1.15 bits per heavy atom. The first-order valence-corrected chi connectivity index (χ1v) is 13.0. The lowest BCUT2D eigenvalue weighted by atomic mass is 10.0. The third-order valence-corrected chi connectivity index (χ3v) is 7.07. The van der Waals surface area contributed by atoms with Crippen LogP contribution >= 0.6 is 0 Å². The molecule has 40 heavy (non-hydrogen) atoms. The number of benzene rings is 2. The molecular formula is C29H32F3N5O3. The molecular weight excluding hydrogens is 523 g/mol. The first kappa shape index (κ1) is 28.9. The summed E-state index contributed by atoms with van der Waals surface area (Å²) in [5.74, 6) is -0.469. The van der Waals surface area contributed by atoms with Gasteiger partial charge in [0.05, 0.1) is 16.8 Å². The fraction of sp³-hybridized carbons (Fsp3) is 0.345. The second kappa shape index (κ2) is 12.4. The van der Waals surface area contributed by atoms with Crippen molar-refractivity contribution in [1.82, 2.24) is 25.1 Å². The Labute approximate surface area is 230 Å². The van der Waals surface area contributed by atoms with Crippen LogP contribution in [0.15, 0.2) is 61.2 Å². The van der Waals surface area contributed by atoms with Crippen LogP contribution in [-0.2, 0) is 19.3 Å². The van der Waals surface area contributed by atoms with E-state index < -0.39 is 17.7 Å². The molecule has 212 valence electrons. The topological polar surface area (TPSA) is 102 Å². The molecule has 0 bridgehead atoms. The summed E-state index contributed by atoms with van der Waals surface area (Å²) in [6, 6.07) is 11.2. The van der Waals surface area contributed by atoms with Crippen molar-refractivity contribution < 1.29 is 27.9 Å². The van der Waals surface area contributed by atoms with E-state index in [2.05, 4.69) is 26.8 Å².